The molecule has 9 nitrogen and oxygen atoms in total. The van der Waals surface area contributed by atoms with E-state index in [-0.39, 0.29) is 36.5 Å². The van der Waals surface area contributed by atoms with Crippen LogP contribution in [0.15, 0.2) is 12.2 Å². The molecule has 2 aliphatic heterocycles. The molecular formula is C24H39N3O6S. The fraction of sp³-hybridized carbons (Fsp3) is 0.792. The number of ketones is 1. The molecule has 1 saturated carbocycles. The molecule has 2 N–H and O–H groups in total. The topological polar surface area (TPSA) is 122 Å². The monoisotopic (exact) mass is 497 g/mol. The highest BCUT2D eigenvalue weighted by molar-refractivity contribution is 7.89. The van der Waals surface area contributed by atoms with Crippen LogP contribution in [-0.4, -0.2) is 75.6 Å². The molecule has 0 aromatic carbocycles. The van der Waals surface area contributed by atoms with Crippen LogP contribution in [0.1, 0.15) is 58.8 Å². The fourth-order valence-corrected chi connectivity index (χ4v) is 6.10. The number of sulfonamides is 1. The van der Waals surface area contributed by atoms with E-state index in [2.05, 4.69) is 10.0 Å². The van der Waals surface area contributed by atoms with E-state index < -0.39 is 39.0 Å². The minimum Gasteiger partial charge on any atom is -0.376 e. The van der Waals surface area contributed by atoms with Gasteiger partial charge in [0.25, 0.3) is 0 Å². The zero-order chi connectivity index (χ0) is 25.3. The Morgan fingerprint density at radius 3 is 2.56 bits per heavy atom. The summed E-state index contributed by atoms with van der Waals surface area (Å²) < 4.78 is 31.4. The van der Waals surface area contributed by atoms with Crippen LogP contribution < -0.4 is 10.0 Å². The van der Waals surface area contributed by atoms with E-state index in [1.807, 2.05) is 26.0 Å². The summed E-state index contributed by atoms with van der Waals surface area (Å²) in [5.41, 5.74) is -1.81. The highest BCUT2D eigenvalue weighted by Gasteiger charge is 2.62. The second kappa shape index (κ2) is 10.1. The van der Waals surface area contributed by atoms with Gasteiger partial charge in [0.05, 0.1) is 35.9 Å². The molecule has 3 aliphatic rings. The number of nitrogens with zero attached hydrogens (tertiary/aromatic N) is 1. The second-order valence-corrected chi connectivity index (χ2v) is 12.2. The van der Waals surface area contributed by atoms with E-state index in [0.29, 0.717) is 12.8 Å². The van der Waals surface area contributed by atoms with Crippen LogP contribution in [0.5, 0.6) is 0 Å². The predicted molar refractivity (Wildman–Crippen MR) is 128 cm³/mol. The van der Waals surface area contributed by atoms with Crippen molar-refractivity contribution >= 4 is 27.6 Å². The van der Waals surface area contributed by atoms with Crippen LogP contribution in [0.4, 0.5) is 0 Å². The molecule has 192 valence electrons. The zero-order valence-electron chi connectivity index (χ0n) is 20.9. The van der Waals surface area contributed by atoms with Crippen molar-refractivity contribution in [2.24, 2.45) is 17.3 Å². The SMILES string of the molecule is CN[C@H]1CCCCC/C=C\[C@@H]2C[C@@]2(C(=O)NS(C)(=O)=O)CC(=O)[C@@H]2[C@@H](C)[C@@](C)(OC)CN2C1=O. The molecule has 1 aliphatic carbocycles. The van der Waals surface area contributed by atoms with E-state index in [0.717, 1.165) is 31.9 Å². The zero-order valence-corrected chi connectivity index (χ0v) is 21.7. The smallest absolute Gasteiger partial charge is 0.240 e. The highest BCUT2D eigenvalue weighted by atomic mass is 32.2. The van der Waals surface area contributed by atoms with Crippen LogP contribution in [0.25, 0.3) is 0 Å². The third-order valence-corrected chi connectivity index (χ3v) is 8.62. The van der Waals surface area contributed by atoms with E-state index in [4.69, 9.17) is 4.74 Å². The van der Waals surface area contributed by atoms with Gasteiger partial charge in [-0.05, 0) is 45.6 Å². The fourth-order valence-electron chi connectivity index (χ4n) is 5.56. The van der Waals surface area contributed by atoms with Gasteiger partial charge in [0.2, 0.25) is 21.8 Å². The highest BCUT2D eigenvalue weighted by Crippen LogP contribution is 2.57. The summed E-state index contributed by atoms with van der Waals surface area (Å²) in [5.74, 6) is -1.50. The lowest BCUT2D eigenvalue weighted by atomic mass is 9.83. The Kier molecular flexibility index (Phi) is 7.94. The molecule has 6 atom stereocenters. The molecule has 10 heteroatoms. The van der Waals surface area contributed by atoms with Gasteiger partial charge in [-0.2, -0.15) is 0 Å². The maximum Gasteiger partial charge on any atom is 0.240 e. The van der Waals surface area contributed by atoms with E-state index >= 15 is 0 Å². The van der Waals surface area contributed by atoms with Crippen molar-refractivity contribution in [1.29, 1.82) is 0 Å². The summed E-state index contributed by atoms with van der Waals surface area (Å²) in [6.45, 7) is 4.08. The molecule has 0 unspecified atom stereocenters. The van der Waals surface area contributed by atoms with Crippen molar-refractivity contribution < 1.29 is 27.5 Å². The summed E-state index contributed by atoms with van der Waals surface area (Å²) in [4.78, 5) is 42.0. The predicted octanol–water partition coefficient (Wildman–Crippen LogP) is 1.39. The number of fused-ring (bicyclic) bond motifs is 2. The van der Waals surface area contributed by atoms with Crippen LogP contribution in [0, 0.1) is 17.3 Å². The van der Waals surface area contributed by atoms with E-state index in [1.165, 1.54) is 0 Å². The Morgan fingerprint density at radius 1 is 1.24 bits per heavy atom. The summed E-state index contributed by atoms with van der Waals surface area (Å²) in [5, 5.41) is 3.11. The normalized spacial score (nSPS) is 38.3. The summed E-state index contributed by atoms with van der Waals surface area (Å²) in [7, 11) is -0.431. The van der Waals surface area contributed by atoms with Crippen molar-refractivity contribution in [2.45, 2.75) is 76.5 Å². The molecule has 2 heterocycles. The lowest BCUT2D eigenvalue weighted by molar-refractivity contribution is -0.141. The first kappa shape index (κ1) is 26.8. The molecule has 2 fully saturated rings. The van der Waals surface area contributed by atoms with Gasteiger partial charge < -0.3 is 15.0 Å². The lowest BCUT2D eigenvalue weighted by Crippen LogP contribution is -2.51. The van der Waals surface area contributed by atoms with Crippen LogP contribution in [0.3, 0.4) is 0 Å². The maximum atomic E-state index is 13.8. The van der Waals surface area contributed by atoms with Crippen molar-refractivity contribution in [2.75, 3.05) is 27.0 Å². The van der Waals surface area contributed by atoms with Gasteiger partial charge in [-0.1, -0.05) is 31.9 Å². The lowest BCUT2D eigenvalue weighted by Gasteiger charge is -2.30. The van der Waals surface area contributed by atoms with Crippen LogP contribution >= 0.6 is 0 Å². The van der Waals surface area contributed by atoms with Gasteiger partial charge in [0, 0.05) is 19.4 Å². The Labute approximate surface area is 203 Å². The van der Waals surface area contributed by atoms with Crippen molar-refractivity contribution in [1.82, 2.24) is 14.9 Å². The number of rotatable bonds is 4. The number of hydrogen-bond acceptors (Lipinski definition) is 7. The molecule has 2 amide bonds. The Balaban J connectivity index is 1.98. The van der Waals surface area contributed by atoms with Gasteiger partial charge in [0.1, 0.15) is 0 Å². The number of carbonyl (C=O) groups is 3. The Hall–Kier alpha value is -1.78. The molecule has 3 rings (SSSR count). The first-order valence-electron chi connectivity index (χ1n) is 12.1. The Bertz CT molecular complexity index is 950. The van der Waals surface area contributed by atoms with Gasteiger partial charge in [-0.25, -0.2) is 8.42 Å². The average Bonchev–Trinajstić information content (AvgIpc) is 3.38. The second-order valence-electron chi connectivity index (χ2n) is 10.4. The van der Waals surface area contributed by atoms with Gasteiger partial charge in [-0.15, -0.1) is 0 Å². The minimum absolute atomic E-state index is 0.119. The number of allylic oxidation sites excluding steroid dienone is 2. The number of hydrogen-bond donors (Lipinski definition) is 2. The van der Waals surface area contributed by atoms with Gasteiger partial charge in [-0.3, -0.25) is 19.1 Å². The third kappa shape index (κ3) is 5.39. The number of ether oxygens (including phenoxy) is 1. The third-order valence-electron chi connectivity index (χ3n) is 8.07. The minimum atomic E-state index is -3.77. The van der Waals surface area contributed by atoms with E-state index in [9.17, 15) is 22.8 Å². The summed E-state index contributed by atoms with van der Waals surface area (Å²) in [6.07, 6.45) is 9.53. The number of amides is 2. The molecular weight excluding hydrogens is 458 g/mol. The van der Waals surface area contributed by atoms with Gasteiger partial charge >= 0.3 is 0 Å². The first-order valence-corrected chi connectivity index (χ1v) is 14.0. The van der Waals surface area contributed by atoms with Crippen molar-refractivity contribution in [3.63, 3.8) is 0 Å². The average molecular weight is 498 g/mol. The number of Topliss-reactive ketones (excluding diaryl/α,β-unsaturated/α-hetero) is 1. The van der Waals surface area contributed by atoms with Gasteiger partial charge in [0.15, 0.2) is 5.78 Å². The van der Waals surface area contributed by atoms with Crippen LogP contribution in [0.2, 0.25) is 0 Å². The summed E-state index contributed by atoms with van der Waals surface area (Å²) >= 11 is 0. The number of likely N-dealkylation sites (N-methyl/N-ethyl adjacent to an activating group) is 1. The molecule has 0 bridgehead atoms. The molecule has 0 aromatic heterocycles. The largest absolute Gasteiger partial charge is 0.376 e. The first-order chi connectivity index (χ1) is 15.9. The molecule has 34 heavy (non-hydrogen) atoms. The Morgan fingerprint density at radius 2 is 1.94 bits per heavy atom. The molecule has 1 saturated heterocycles. The van der Waals surface area contributed by atoms with Crippen molar-refractivity contribution in [3.8, 4) is 0 Å². The number of methoxy groups -OCH3 is 1. The van der Waals surface area contributed by atoms with Crippen LogP contribution in [-0.2, 0) is 29.1 Å². The van der Waals surface area contributed by atoms with E-state index in [1.54, 1.807) is 19.1 Å². The number of nitrogens with one attached hydrogen (secondary N) is 2. The summed E-state index contributed by atoms with van der Waals surface area (Å²) in [6, 6.07) is -1.15. The maximum absolute atomic E-state index is 13.8. The molecule has 0 aromatic rings. The molecule has 0 spiro atoms. The number of carbonyl (C=O) groups excluding carboxylic acids is 3. The molecule has 0 radical (unpaired) electrons. The van der Waals surface area contributed by atoms with Crippen molar-refractivity contribution in [3.05, 3.63) is 12.2 Å². The quantitative estimate of drug-likeness (QED) is 0.563. The standard InChI is InChI=1S/C24H39N3O6S/c1-16-20-19(28)14-24(22(30)26-34(5,31)32)13-17(24)11-9-7-6-8-10-12-18(25-3)21(29)27(20)15-23(16,2)33-4/h9,11,16-18,20,25H,6-8,10,12-15H2,1-5H3,(H,26,30)/b11-9-/t16-,17-,18+,20+,23+,24-/m1/s1.